The second kappa shape index (κ2) is 9.94. The molecule has 6 heteroatoms. The first-order chi connectivity index (χ1) is 12.5. The smallest absolute Gasteiger partial charge is 0.243 e. The summed E-state index contributed by atoms with van der Waals surface area (Å²) in [7, 11) is 0. The lowest BCUT2D eigenvalue weighted by molar-refractivity contribution is -0.136. The third-order valence-electron chi connectivity index (χ3n) is 4.40. The van der Waals surface area contributed by atoms with Crippen LogP contribution in [0.15, 0.2) is 24.3 Å². The molecule has 0 unspecified atom stereocenters. The van der Waals surface area contributed by atoms with Crippen molar-refractivity contribution in [3.63, 3.8) is 0 Å². The number of aryl methyl sites for hydroxylation is 1. The van der Waals surface area contributed by atoms with Crippen molar-refractivity contribution in [1.82, 2.24) is 10.2 Å². The Hall–Kier alpha value is -2.37. The van der Waals surface area contributed by atoms with E-state index >= 15 is 0 Å². The predicted octanol–water partition coefficient (Wildman–Crippen LogP) is 2.62. The summed E-state index contributed by atoms with van der Waals surface area (Å²) in [6.45, 7) is 4.00. The lowest BCUT2D eigenvalue weighted by Gasteiger charge is -2.22. The van der Waals surface area contributed by atoms with Crippen LogP contribution in [-0.2, 0) is 14.4 Å². The van der Waals surface area contributed by atoms with E-state index in [0.717, 1.165) is 37.7 Å². The fourth-order valence-electron chi connectivity index (χ4n) is 2.71. The molecule has 2 rings (SSSR count). The van der Waals surface area contributed by atoms with E-state index in [9.17, 15) is 14.4 Å². The van der Waals surface area contributed by atoms with E-state index in [1.165, 1.54) is 0 Å². The van der Waals surface area contributed by atoms with Crippen molar-refractivity contribution < 1.29 is 14.4 Å². The average Bonchev–Trinajstić information content (AvgIpc) is 3.45. The number of amides is 3. The zero-order chi connectivity index (χ0) is 18.9. The fourth-order valence-corrected chi connectivity index (χ4v) is 2.71. The summed E-state index contributed by atoms with van der Waals surface area (Å²) in [5.74, 6) is -0.533. The van der Waals surface area contributed by atoms with Crippen LogP contribution in [0.2, 0.25) is 0 Å². The number of benzene rings is 1. The van der Waals surface area contributed by atoms with Gasteiger partial charge in [0.05, 0.1) is 13.1 Å². The molecule has 3 amide bonds. The molecule has 142 valence electrons. The second-order valence-electron chi connectivity index (χ2n) is 6.90. The molecule has 0 heterocycles. The number of hydrogen-bond acceptors (Lipinski definition) is 3. The predicted molar refractivity (Wildman–Crippen MR) is 102 cm³/mol. The van der Waals surface area contributed by atoms with Crippen molar-refractivity contribution in [1.29, 1.82) is 0 Å². The zero-order valence-electron chi connectivity index (χ0n) is 15.7. The van der Waals surface area contributed by atoms with Gasteiger partial charge in [0, 0.05) is 18.2 Å². The number of anilines is 1. The molecule has 0 aromatic heterocycles. The maximum Gasteiger partial charge on any atom is 0.243 e. The highest BCUT2D eigenvalue weighted by atomic mass is 16.2. The first-order valence-electron chi connectivity index (χ1n) is 9.42. The molecule has 0 atom stereocenters. The average molecular weight is 359 g/mol. The van der Waals surface area contributed by atoms with Gasteiger partial charge in [-0.05, 0) is 38.3 Å². The second-order valence-corrected chi connectivity index (χ2v) is 6.90. The quantitative estimate of drug-likeness (QED) is 0.630. The van der Waals surface area contributed by atoms with Crippen LogP contribution >= 0.6 is 0 Å². The molecular weight excluding hydrogens is 330 g/mol. The summed E-state index contributed by atoms with van der Waals surface area (Å²) in [5, 5.41) is 5.34. The zero-order valence-corrected chi connectivity index (χ0v) is 15.7. The van der Waals surface area contributed by atoms with Crippen molar-refractivity contribution in [3.8, 4) is 0 Å². The molecule has 26 heavy (non-hydrogen) atoms. The maximum atomic E-state index is 12.3. The Bertz CT molecular complexity index is 624. The van der Waals surface area contributed by atoms with Gasteiger partial charge in [-0.15, -0.1) is 0 Å². The summed E-state index contributed by atoms with van der Waals surface area (Å²) < 4.78 is 0. The molecule has 1 aliphatic carbocycles. The molecular formula is C20H29N3O3. The minimum atomic E-state index is -0.292. The highest BCUT2D eigenvalue weighted by Crippen LogP contribution is 2.27. The van der Waals surface area contributed by atoms with Crippen LogP contribution in [0.1, 0.15) is 51.0 Å². The Kier molecular flexibility index (Phi) is 7.63. The van der Waals surface area contributed by atoms with Gasteiger partial charge in [-0.25, -0.2) is 0 Å². The van der Waals surface area contributed by atoms with Crippen LogP contribution in [0.5, 0.6) is 0 Å². The normalized spacial score (nSPS) is 13.2. The van der Waals surface area contributed by atoms with Gasteiger partial charge in [0.15, 0.2) is 0 Å². The van der Waals surface area contributed by atoms with E-state index in [1.54, 1.807) is 4.90 Å². The van der Waals surface area contributed by atoms with E-state index in [2.05, 4.69) is 17.6 Å². The molecule has 0 aliphatic heterocycles. The molecule has 0 saturated heterocycles. The van der Waals surface area contributed by atoms with E-state index < -0.39 is 0 Å². The van der Waals surface area contributed by atoms with E-state index in [4.69, 9.17) is 0 Å². The van der Waals surface area contributed by atoms with Crippen molar-refractivity contribution in [2.24, 2.45) is 0 Å². The molecule has 6 nitrogen and oxygen atoms in total. The number of carbonyl (C=O) groups excluding carboxylic acids is 3. The van der Waals surface area contributed by atoms with Gasteiger partial charge in [0.25, 0.3) is 0 Å². The SMILES string of the molecule is CCCCCC(=O)N(CC(=O)NCC(=O)Nc1ccc(C)cc1)C1CC1. The lowest BCUT2D eigenvalue weighted by Crippen LogP contribution is -2.43. The minimum Gasteiger partial charge on any atom is -0.345 e. The first-order valence-corrected chi connectivity index (χ1v) is 9.42. The highest BCUT2D eigenvalue weighted by Gasteiger charge is 2.33. The molecule has 0 spiro atoms. The number of rotatable bonds is 10. The van der Waals surface area contributed by atoms with Gasteiger partial charge < -0.3 is 15.5 Å². The van der Waals surface area contributed by atoms with Gasteiger partial charge in [0.1, 0.15) is 0 Å². The van der Waals surface area contributed by atoms with Crippen molar-refractivity contribution in [3.05, 3.63) is 29.8 Å². The number of carbonyl (C=O) groups is 3. The van der Waals surface area contributed by atoms with Crippen molar-refractivity contribution in [2.75, 3.05) is 18.4 Å². The Morgan fingerprint density at radius 3 is 2.38 bits per heavy atom. The molecule has 1 aromatic rings. The standard InChI is InChI=1S/C20H29N3O3/c1-3-4-5-6-20(26)23(17-11-12-17)14-19(25)21-13-18(24)22-16-9-7-15(2)8-10-16/h7-10,17H,3-6,11-14H2,1-2H3,(H,21,25)(H,22,24). The number of nitrogens with one attached hydrogen (secondary N) is 2. The molecule has 1 aromatic carbocycles. The van der Waals surface area contributed by atoms with E-state index in [-0.39, 0.29) is 36.9 Å². The summed E-state index contributed by atoms with van der Waals surface area (Å²) >= 11 is 0. The van der Waals surface area contributed by atoms with Gasteiger partial charge in [-0.1, -0.05) is 37.5 Å². The molecule has 2 N–H and O–H groups in total. The summed E-state index contributed by atoms with van der Waals surface area (Å²) in [5.41, 5.74) is 1.81. The van der Waals surface area contributed by atoms with Crippen LogP contribution < -0.4 is 10.6 Å². The van der Waals surface area contributed by atoms with Crippen molar-refractivity contribution in [2.45, 2.75) is 58.4 Å². The summed E-state index contributed by atoms with van der Waals surface area (Å²) in [4.78, 5) is 38.1. The Morgan fingerprint density at radius 2 is 1.77 bits per heavy atom. The first kappa shape index (κ1) is 19.9. The van der Waals surface area contributed by atoms with Crippen LogP contribution in [0.4, 0.5) is 5.69 Å². The van der Waals surface area contributed by atoms with Crippen molar-refractivity contribution >= 4 is 23.4 Å². The third-order valence-corrected chi connectivity index (χ3v) is 4.40. The largest absolute Gasteiger partial charge is 0.345 e. The molecule has 1 saturated carbocycles. The van der Waals surface area contributed by atoms with Gasteiger partial charge in [0.2, 0.25) is 17.7 Å². The molecule has 1 aliphatic rings. The topological polar surface area (TPSA) is 78.5 Å². The Labute approximate surface area is 155 Å². The van der Waals surface area contributed by atoms with Crippen LogP contribution in [-0.4, -0.2) is 41.8 Å². The number of hydrogen-bond donors (Lipinski definition) is 2. The van der Waals surface area contributed by atoms with Gasteiger partial charge >= 0.3 is 0 Å². The van der Waals surface area contributed by atoms with E-state index in [0.29, 0.717) is 12.1 Å². The molecule has 0 bridgehead atoms. The molecule has 0 radical (unpaired) electrons. The Balaban J connectivity index is 1.74. The van der Waals surface area contributed by atoms with Gasteiger partial charge in [-0.3, -0.25) is 14.4 Å². The highest BCUT2D eigenvalue weighted by molar-refractivity contribution is 5.95. The minimum absolute atomic E-state index is 0.0352. The monoisotopic (exact) mass is 359 g/mol. The van der Waals surface area contributed by atoms with Crippen LogP contribution in [0.25, 0.3) is 0 Å². The summed E-state index contributed by atoms with van der Waals surface area (Å²) in [6.07, 6.45) is 5.36. The number of unbranched alkanes of at least 4 members (excludes halogenated alkanes) is 2. The maximum absolute atomic E-state index is 12.3. The third kappa shape index (κ3) is 6.86. The van der Waals surface area contributed by atoms with E-state index in [1.807, 2.05) is 31.2 Å². The lowest BCUT2D eigenvalue weighted by atomic mass is 10.2. The van der Waals surface area contributed by atoms with Gasteiger partial charge in [-0.2, -0.15) is 0 Å². The van der Waals surface area contributed by atoms with Crippen LogP contribution in [0.3, 0.4) is 0 Å². The fraction of sp³-hybridized carbons (Fsp3) is 0.550. The summed E-state index contributed by atoms with van der Waals surface area (Å²) in [6, 6.07) is 7.64. The molecule has 1 fully saturated rings. The number of nitrogens with zero attached hydrogens (tertiary/aromatic N) is 1. The van der Waals surface area contributed by atoms with Crippen LogP contribution in [0, 0.1) is 6.92 Å². The Morgan fingerprint density at radius 1 is 1.08 bits per heavy atom.